The molecular weight excluding hydrogens is 262 g/mol. The van der Waals surface area contributed by atoms with Crippen LogP contribution in [0.5, 0.6) is 0 Å². The zero-order valence-electron chi connectivity index (χ0n) is 11.8. The second-order valence-electron chi connectivity index (χ2n) is 6.23. The summed E-state index contributed by atoms with van der Waals surface area (Å²) < 4.78 is 24.6. The maximum atomic E-state index is 12.1. The van der Waals surface area contributed by atoms with Crippen molar-refractivity contribution in [2.24, 2.45) is 11.8 Å². The van der Waals surface area contributed by atoms with E-state index in [9.17, 15) is 13.2 Å². The Kier molecular flexibility index (Phi) is 5.01. The Bertz CT molecular complexity index is 412. The summed E-state index contributed by atoms with van der Waals surface area (Å²) in [6.07, 6.45) is 9.36. The van der Waals surface area contributed by atoms with Crippen LogP contribution in [0.4, 0.5) is 0 Å². The Morgan fingerprint density at radius 2 is 1.63 bits per heavy atom. The lowest BCUT2D eigenvalue weighted by Crippen LogP contribution is -2.39. The third kappa shape index (κ3) is 4.56. The van der Waals surface area contributed by atoms with E-state index >= 15 is 0 Å². The van der Waals surface area contributed by atoms with Crippen molar-refractivity contribution in [3.05, 3.63) is 0 Å². The molecule has 1 heterocycles. The van der Waals surface area contributed by atoms with E-state index < -0.39 is 10.0 Å². The summed E-state index contributed by atoms with van der Waals surface area (Å²) in [6, 6.07) is 0. The van der Waals surface area contributed by atoms with Crippen LogP contribution in [0.25, 0.3) is 0 Å². The topological polar surface area (TPSA) is 54.5 Å². The normalized spacial score (nSPS) is 26.7. The number of carbonyl (C=O) groups excluding carboxylic acids is 1. The Balaban J connectivity index is 1.79. The number of rotatable bonds is 5. The van der Waals surface area contributed by atoms with Gasteiger partial charge in [-0.15, -0.1) is 0 Å². The highest BCUT2D eigenvalue weighted by Gasteiger charge is 2.28. The van der Waals surface area contributed by atoms with Crippen molar-refractivity contribution < 1.29 is 13.2 Å². The molecule has 0 radical (unpaired) electrons. The van der Waals surface area contributed by atoms with Crippen LogP contribution in [0.1, 0.15) is 51.4 Å². The summed E-state index contributed by atoms with van der Waals surface area (Å²) in [6.45, 7) is 1.15. The van der Waals surface area contributed by atoms with Gasteiger partial charge in [-0.05, 0) is 24.7 Å². The number of Topliss-reactive ketones (excluding diaryl/α,β-unsaturated/α-hetero) is 1. The van der Waals surface area contributed by atoms with Crippen molar-refractivity contribution in [1.82, 2.24) is 4.31 Å². The minimum Gasteiger partial charge on any atom is -0.300 e. The number of nitrogens with zero attached hydrogens (tertiary/aromatic N) is 1. The second kappa shape index (κ2) is 6.35. The van der Waals surface area contributed by atoms with Crippen LogP contribution in [0.15, 0.2) is 0 Å². The third-order valence-electron chi connectivity index (χ3n) is 4.46. The first-order valence-electron chi connectivity index (χ1n) is 7.42. The van der Waals surface area contributed by atoms with Crippen molar-refractivity contribution in [3.63, 3.8) is 0 Å². The molecule has 2 fully saturated rings. The molecule has 1 unspecified atom stereocenters. The molecule has 1 aliphatic carbocycles. The lowest BCUT2D eigenvalue weighted by atomic mass is 9.90. The molecule has 0 aromatic heterocycles. The van der Waals surface area contributed by atoms with E-state index in [-0.39, 0.29) is 5.92 Å². The monoisotopic (exact) mass is 287 g/mol. The van der Waals surface area contributed by atoms with Crippen molar-refractivity contribution in [2.75, 3.05) is 19.3 Å². The quantitative estimate of drug-likeness (QED) is 0.779. The Hall–Kier alpha value is -0.420. The van der Waals surface area contributed by atoms with E-state index in [0.29, 0.717) is 31.2 Å². The lowest BCUT2D eigenvalue weighted by Gasteiger charge is -2.30. The van der Waals surface area contributed by atoms with Crippen LogP contribution in [0.2, 0.25) is 0 Å². The predicted molar refractivity (Wildman–Crippen MR) is 75.3 cm³/mol. The molecule has 4 nitrogen and oxygen atoms in total. The van der Waals surface area contributed by atoms with Gasteiger partial charge >= 0.3 is 0 Å². The third-order valence-corrected chi connectivity index (χ3v) is 5.73. The summed E-state index contributed by atoms with van der Waals surface area (Å²) in [5.41, 5.74) is 0. The fraction of sp³-hybridized carbons (Fsp3) is 0.929. The first-order chi connectivity index (χ1) is 8.95. The van der Waals surface area contributed by atoms with Crippen molar-refractivity contribution in [1.29, 1.82) is 0 Å². The number of carbonyl (C=O) groups is 1. The van der Waals surface area contributed by atoms with Gasteiger partial charge in [0.2, 0.25) is 10.0 Å². The minimum absolute atomic E-state index is 0.234. The molecule has 0 amide bonds. The van der Waals surface area contributed by atoms with Crippen LogP contribution in [-0.2, 0) is 14.8 Å². The summed E-state index contributed by atoms with van der Waals surface area (Å²) in [4.78, 5) is 12.1. The number of hydrogen-bond acceptors (Lipinski definition) is 3. The number of ketones is 1. The van der Waals surface area contributed by atoms with E-state index in [2.05, 4.69) is 0 Å². The molecule has 0 aromatic rings. The fourth-order valence-electron chi connectivity index (χ4n) is 3.44. The smallest absolute Gasteiger partial charge is 0.211 e. The van der Waals surface area contributed by atoms with Crippen LogP contribution in [0.3, 0.4) is 0 Å². The van der Waals surface area contributed by atoms with Gasteiger partial charge in [0.15, 0.2) is 0 Å². The molecule has 0 spiro atoms. The summed E-state index contributed by atoms with van der Waals surface area (Å²) >= 11 is 0. The molecule has 1 aliphatic heterocycles. The van der Waals surface area contributed by atoms with Crippen LogP contribution >= 0.6 is 0 Å². The average molecular weight is 287 g/mol. The largest absolute Gasteiger partial charge is 0.300 e. The Morgan fingerprint density at radius 1 is 1.05 bits per heavy atom. The van der Waals surface area contributed by atoms with Gasteiger partial charge in [0.1, 0.15) is 5.78 Å². The van der Waals surface area contributed by atoms with Gasteiger partial charge in [0, 0.05) is 25.9 Å². The van der Waals surface area contributed by atoms with E-state index in [0.717, 1.165) is 19.3 Å². The molecule has 110 valence electrons. The summed E-state index contributed by atoms with van der Waals surface area (Å²) in [7, 11) is -3.09. The molecule has 0 aromatic carbocycles. The number of sulfonamides is 1. The van der Waals surface area contributed by atoms with Crippen LogP contribution < -0.4 is 0 Å². The van der Waals surface area contributed by atoms with Gasteiger partial charge < -0.3 is 0 Å². The maximum absolute atomic E-state index is 12.1. The van der Waals surface area contributed by atoms with E-state index in [1.807, 2.05) is 0 Å². The van der Waals surface area contributed by atoms with Gasteiger partial charge in [-0.25, -0.2) is 12.7 Å². The standard InChI is InChI=1S/C14H25NO3S/c1-19(17,18)15-8-4-7-13(11-15)10-14(16)9-12-5-2-3-6-12/h12-13H,2-11H2,1H3. The number of piperidine rings is 1. The molecule has 1 atom stereocenters. The Labute approximate surface area is 116 Å². The van der Waals surface area contributed by atoms with Crippen LogP contribution in [-0.4, -0.2) is 37.9 Å². The van der Waals surface area contributed by atoms with Gasteiger partial charge in [0.25, 0.3) is 0 Å². The minimum atomic E-state index is -3.09. The van der Waals surface area contributed by atoms with Gasteiger partial charge in [-0.3, -0.25) is 4.79 Å². The van der Waals surface area contributed by atoms with Crippen molar-refractivity contribution in [3.8, 4) is 0 Å². The molecule has 1 saturated carbocycles. The molecule has 2 aliphatic rings. The highest BCUT2D eigenvalue weighted by atomic mass is 32.2. The first-order valence-corrected chi connectivity index (χ1v) is 9.27. The van der Waals surface area contributed by atoms with Crippen LogP contribution in [0, 0.1) is 11.8 Å². The fourth-order valence-corrected chi connectivity index (χ4v) is 4.38. The van der Waals surface area contributed by atoms with E-state index in [4.69, 9.17) is 0 Å². The first kappa shape index (κ1) is 15.0. The summed E-state index contributed by atoms with van der Waals surface area (Å²) in [5, 5.41) is 0. The van der Waals surface area contributed by atoms with E-state index in [1.54, 1.807) is 0 Å². The average Bonchev–Trinajstić information content (AvgIpc) is 2.80. The molecule has 0 bridgehead atoms. The zero-order chi connectivity index (χ0) is 13.9. The molecule has 0 N–H and O–H groups in total. The highest BCUT2D eigenvalue weighted by Crippen LogP contribution is 2.29. The molecule has 5 heteroatoms. The zero-order valence-corrected chi connectivity index (χ0v) is 12.6. The van der Waals surface area contributed by atoms with Gasteiger partial charge in [0.05, 0.1) is 6.26 Å². The second-order valence-corrected chi connectivity index (χ2v) is 8.21. The Morgan fingerprint density at radius 3 is 2.26 bits per heavy atom. The summed E-state index contributed by atoms with van der Waals surface area (Å²) in [5.74, 6) is 1.17. The van der Waals surface area contributed by atoms with Gasteiger partial charge in [-0.2, -0.15) is 0 Å². The van der Waals surface area contributed by atoms with E-state index in [1.165, 1.54) is 36.2 Å². The molecule has 2 rings (SSSR count). The molecule has 19 heavy (non-hydrogen) atoms. The molecule has 1 saturated heterocycles. The predicted octanol–water partition coefficient (Wildman–Crippen LogP) is 2.20. The molecular formula is C14H25NO3S. The van der Waals surface area contributed by atoms with Crippen molar-refractivity contribution in [2.45, 2.75) is 51.4 Å². The van der Waals surface area contributed by atoms with Crippen molar-refractivity contribution >= 4 is 15.8 Å². The lowest BCUT2D eigenvalue weighted by molar-refractivity contribution is -0.121. The maximum Gasteiger partial charge on any atom is 0.211 e. The highest BCUT2D eigenvalue weighted by molar-refractivity contribution is 7.88. The number of hydrogen-bond donors (Lipinski definition) is 0. The SMILES string of the molecule is CS(=O)(=O)N1CCCC(CC(=O)CC2CCCC2)C1. The van der Waals surface area contributed by atoms with Gasteiger partial charge in [-0.1, -0.05) is 25.7 Å².